The van der Waals surface area contributed by atoms with Gasteiger partial charge in [-0.1, -0.05) is 20.8 Å². The molecular formula is C12H21N3OS. The fourth-order valence-corrected chi connectivity index (χ4v) is 1.83. The van der Waals surface area contributed by atoms with Gasteiger partial charge in [0.1, 0.15) is 5.01 Å². The second kappa shape index (κ2) is 5.49. The summed E-state index contributed by atoms with van der Waals surface area (Å²) in [5, 5.41) is 6.67. The van der Waals surface area contributed by atoms with Crippen molar-refractivity contribution in [1.29, 1.82) is 0 Å². The summed E-state index contributed by atoms with van der Waals surface area (Å²) in [7, 11) is 0. The molecule has 0 aliphatic rings. The van der Waals surface area contributed by atoms with Gasteiger partial charge in [-0.3, -0.25) is 0 Å². The van der Waals surface area contributed by atoms with E-state index in [1.165, 1.54) is 0 Å². The van der Waals surface area contributed by atoms with Gasteiger partial charge in [0.2, 0.25) is 0 Å². The normalized spacial score (nSPS) is 13.2. The molecule has 2 N–H and O–H groups in total. The van der Waals surface area contributed by atoms with E-state index in [0.29, 0.717) is 6.54 Å². The molecule has 1 rings (SSSR count). The largest absolute Gasteiger partial charge is 0.335 e. The van der Waals surface area contributed by atoms with Gasteiger partial charge in [0.25, 0.3) is 0 Å². The van der Waals surface area contributed by atoms with E-state index in [1.54, 1.807) is 11.3 Å². The summed E-state index contributed by atoms with van der Waals surface area (Å²) in [5.74, 6) is 0. The lowest BCUT2D eigenvalue weighted by Gasteiger charge is -2.27. The Kier molecular flexibility index (Phi) is 4.51. The average molecular weight is 255 g/mol. The number of amides is 2. The summed E-state index contributed by atoms with van der Waals surface area (Å²) in [4.78, 5) is 17.0. The third-order valence-electron chi connectivity index (χ3n) is 2.72. The van der Waals surface area contributed by atoms with Crippen LogP contribution in [0.5, 0.6) is 0 Å². The van der Waals surface area contributed by atoms with Gasteiger partial charge in [-0.15, -0.1) is 11.3 Å². The molecule has 1 heterocycles. The van der Waals surface area contributed by atoms with E-state index in [-0.39, 0.29) is 17.5 Å². The summed E-state index contributed by atoms with van der Waals surface area (Å²) < 4.78 is 0. The van der Waals surface area contributed by atoms with Crippen molar-refractivity contribution in [2.24, 2.45) is 5.41 Å². The molecule has 2 amide bonds. The number of urea groups is 1. The van der Waals surface area contributed by atoms with Crippen LogP contribution in [0.25, 0.3) is 0 Å². The number of nitrogens with zero attached hydrogens (tertiary/aromatic N) is 1. The summed E-state index contributed by atoms with van der Waals surface area (Å²) in [6.07, 6.45) is 1.82. The maximum absolute atomic E-state index is 11.6. The zero-order valence-corrected chi connectivity index (χ0v) is 11.9. The lowest BCUT2D eigenvalue weighted by atomic mass is 9.88. The minimum absolute atomic E-state index is 0.0646. The predicted octanol–water partition coefficient (Wildman–Crippen LogP) is 2.69. The first kappa shape index (κ1) is 14.0. The van der Waals surface area contributed by atoms with Gasteiger partial charge in [0, 0.05) is 17.1 Å². The van der Waals surface area contributed by atoms with Crippen molar-refractivity contribution in [3.63, 3.8) is 0 Å². The first-order valence-corrected chi connectivity index (χ1v) is 6.56. The third kappa shape index (κ3) is 4.73. The van der Waals surface area contributed by atoms with Crippen molar-refractivity contribution in [3.8, 4) is 0 Å². The van der Waals surface area contributed by atoms with Crippen molar-refractivity contribution in [2.45, 2.75) is 47.2 Å². The second-order valence-electron chi connectivity index (χ2n) is 5.28. The van der Waals surface area contributed by atoms with Gasteiger partial charge < -0.3 is 10.6 Å². The van der Waals surface area contributed by atoms with Crippen molar-refractivity contribution < 1.29 is 4.79 Å². The van der Waals surface area contributed by atoms with E-state index in [0.717, 1.165) is 9.88 Å². The second-order valence-corrected chi connectivity index (χ2v) is 6.60. The highest BCUT2D eigenvalue weighted by Gasteiger charge is 2.21. The van der Waals surface area contributed by atoms with E-state index in [9.17, 15) is 4.79 Å². The predicted molar refractivity (Wildman–Crippen MR) is 71.1 cm³/mol. The van der Waals surface area contributed by atoms with Crippen LogP contribution in [0.2, 0.25) is 0 Å². The van der Waals surface area contributed by atoms with Crippen LogP contribution in [0, 0.1) is 12.3 Å². The van der Waals surface area contributed by atoms with Crippen molar-refractivity contribution in [1.82, 2.24) is 15.6 Å². The standard InChI is InChI=1S/C12H21N3OS/c1-8-6-13-10(17-8)7-14-11(16)15-9(2)12(3,4)5/h6,9H,7H2,1-5H3,(H2,14,15,16)/t9-/m0/s1. The number of rotatable bonds is 3. The smallest absolute Gasteiger partial charge is 0.315 e. The van der Waals surface area contributed by atoms with Crippen molar-refractivity contribution in [2.75, 3.05) is 0 Å². The maximum atomic E-state index is 11.6. The van der Waals surface area contributed by atoms with Crippen LogP contribution in [0.1, 0.15) is 37.6 Å². The molecule has 17 heavy (non-hydrogen) atoms. The van der Waals surface area contributed by atoms with Crippen LogP contribution >= 0.6 is 11.3 Å². The fourth-order valence-electron chi connectivity index (χ4n) is 1.10. The molecule has 0 saturated heterocycles. The molecule has 4 nitrogen and oxygen atoms in total. The first-order valence-electron chi connectivity index (χ1n) is 5.74. The minimum Gasteiger partial charge on any atom is -0.335 e. The Balaban J connectivity index is 2.36. The number of hydrogen-bond acceptors (Lipinski definition) is 3. The van der Waals surface area contributed by atoms with Gasteiger partial charge in [-0.2, -0.15) is 0 Å². The summed E-state index contributed by atoms with van der Waals surface area (Å²) in [6, 6.07) is -0.0131. The number of thiazole rings is 1. The molecule has 0 aliphatic heterocycles. The number of nitrogens with one attached hydrogen (secondary N) is 2. The summed E-state index contributed by atoms with van der Waals surface area (Å²) in [6.45, 7) is 10.8. The quantitative estimate of drug-likeness (QED) is 0.872. The molecule has 0 saturated carbocycles. The SMILES string of the molecule is Cc1cnc(CNC(=O)N[C@@H](C)C(C)(C)C)s1. The zero-order chi connectivity index (χ0) is 13.1. The number of aryl methyl sites for hydroxylation is 1. The Labute approximate surface area is 107 Å². The molecule has 0 bridgehead atoms. The van der Waals surface area contributed by atoms with E-state index < -0.39 is 0 Å². The molecule has 0 radical (unpaired) electrons. The highest BCUT2D eigenvalue weighted by molar-refractivity contribution is 7.11. The Hall–Kier alpha value is -1.10. The summed E-state index contributed by atoms with van der Waals surface area (Å²) in [5.41, 5.74) is 0.0646. The molecule has 0 spiro atoms. The number of aromatic nitrogens is 1. The Morgan fingerprint density at radius 2 is 2.18 bits per heavy atom. The van der Waals surface area contributed by atoms with Gasteiger partial charge in [0.05, 0.1) is 6.54 Å². The highest BCUT2D eigenvalue weighted by atomic mass is 32.1. The molecule has 5 heteroatoms. The molecule has 0 unspecified atom stereocenters. The van der Waals surface area contributed by atoms with Crippen LogP contribution in [-0.2, 0) is 6.54 Å². The fraction of sp³-hybridized carbons (Fsp3) is 0.667. The topological polar surface area (TPSA) is 54.0 Å². The lowest BCUT2D eigenvalue weighted by Crippen LogP contribution is -2.46. The van der Waals surface area contributed by atoms with Gasteiger partial charge in [-0.05, 0) is 19.3 Å². The van der Waals surface area contributed by atoms with Gasteiger partial charge >= 0.3 is 6.03 Å². The molecule has 1 atom stereocenters. The van der Waals surface area contributed by atoms with E-state index >= 15 is 0 Å². The average Bonchev–Trinajstić information content (AvgIpc) is 2.60. The minimum atomic E-state index is -0.139. The monoisotopic (exact) mass is 255 g/mol. The van der Waals surface area contributed by atoms with E-state index in [1.807, 2.05) is 20.0 Å². The van der Waals surface area contributed by atoms with Crippen LogP contribution in [0.4, 0.5) is 4.79 Å². The molecule has 1 aromatic heterocycles. The zero-order valence-electron chi connectivity index (χ0n) is 11.1. The summed E-state index contributed by atoms with van der Waals surface area (Å²) >= 11 is 1.60. The van der Waals surface area contributed by atoms with Gasteiger partial charge in [-0.25, -0.2) is 9.78 Å². The number of carbonyl (C=O) groups excluding carboxylic acids is 1. The Morgan fingerprint density at radius 3 is 2.65 bits per heavy atom. The van der Waals surface area contributed by atoms with Crippen LogP contribution < -0.4 is 10.6 Å². The van der Waals surface area contributed by atoms with Crippen molar-refractivity contribution >= 4 is 17.4 Å². The Bertz CT molecular complexity index is 381. The van der Waals surface area contributed by atoms with Gasteiger partial charge in [0.15, 0.2) is 0 Å². The molecular weight excluding hydrogens is 234 g/mol. The molecule has 0 aliphatic carbocycles. The van der Waals surface area contributed by atoms with Crippen LogP contribution in [0.15, 0.2) is 6.20 Å². The molecule has 0 fully saturated rings. The third-order valence-corrected chi connectivity index (χ3v) is 3.63. The molecule has 1 aromatic rings. The highest BCUT2D eigenvalue weighted by Crippen LogP contribution is 2.18. The lowest BCUT2D eigenvalue weighted by molar-refractivity contribution is 0.222. The first-order chi connectivity index (χ1) is 7.79. The van der Waals surface area contributed by atoms with E-state index in [4.69, 9.17) is 0 Å². The Morgan fingerprint density at radius 1 is 1.53 bits per heavy atom. The molecule has 0 aromatic carbocycles. The maximum Gasteiger partial charge on any atom is 0.315 e. The number of hydrogen-bond donors (Lipinski definition) is 2. The van der Waals surface area contributed by atoms with Crippen molar-refractivity contribution in [3.05, 3.63) is 16.1 Å². The van der Waals surface area contributed by atoms with Crippen LogP contribution in [-0.4, -0.2) is 17.1 Å². The van der Waals surface area contributed by atoms with E-state index in [2.05, 4.69) is 36.4 Å². The number of carbonyl (C=O) groups is 1. The molecule has 96 valence electrons. The van der Waals surface area contributed by atoms with Crippen LogP contribution in [0.3, 0.4) is 0 Å².